The van der Waals surface area contributed by atoms with Gasteiger partial charge in [-0.2, -0.15) is 5.10 Å². The summed E-state index contributed by atoms with van der Waals surface area (Å²) in [5.41, 5.74) is 4.92. The second-order valence-electron chi connectivity index (χ2n) is 6.43. The third kappa shape index (κ3) is 3.71. The van der Waals surface area contributed by atoms with Crippen LogP contribution in [0.15, 0.2) is 30.3 Å². The molecule has 0 unspecified atom stereocenters. The Morgan fingerprint density at radius 3 is 2.44 bits per heavy atom. The Labute approximate surface area is 145 Å². The van der Waals surface area contributed by atoms with Gasteiger partial charge in [-0.05, 0) is 31.2 Å². The van der Waals surface area contributed by atoms with Gasteiger partial charge in [0.25, 0.3) is 0 Å². The molecule has 0 saturated heterocycles. The molecule has 132 valence electrons. The Kier molecular flexibility index (Phi) is 5.14. The quantitative estimate of drug-likeness (QED) is 0.492. The van der Waals surface area contributed by atoms with Crippen molar-refractivity contribution in [1.82, 2.24) is 15.7 Å². The smallest absolute Gasteiger partial charge is 0.306 e. The van der Waals surface area contributed by atoms with Crippen LogP contribution in [-0.4, -0.2) is 32.4 Å². The van der Waals surface area contributed by atoms with Gasteiger partial charge >= 0.3 is 5.97 Å². The van der Waals surface area contributed by atoms with E-state index < -0.39 is 11.9 Å². The van der Waals surface area contributed by atoms with Gasteiger partial charge in [-0.15, -0.1) is 0 Å². The van der Waals surface area contributed by atoms with E-state index in [1.807, 2.05) is 30.3 Å². The fourth-order valence-electron chi connectivity index (χ4n) is 3.55. The molecule has 4 N–H and O–H groups in total. The molecule has 1 amide bonds. The number of aromatic nitrogens is 2. The van der Waals surface area contributed by atoms with Gasteiger partial charge in [0.05, 0.1) is 23.7 Å². The zero-order chi connectivity index (χ0) is 17.8. The number of hydrogen-bond acceptors (Lipinski definition) is 4. The Bertz CT molecular complexity index is 749. The van der Waals surface area contributed by atoms with Gasteiger partial charge in [-0.1, -0.05) is 30.3 Å². The van der Waals surface area contributed by atoms with Crippen molar-refractivity contribution >= 4 is 11.9 Å². The van der Waals surface area contributed by atoms with Gasteiger partial charge in [-0.3, -0.25) is 19.9 Å². The Balaban J connectivity index is 1.90. The van der Waals surface area contributed by atoms with Crippen molar-refractivity contribution in [2.75, 3.05) is 0 Å². The van der Waals surface area contributed by atoms with Crippen LogP contribution in [0.4, 0.5) is 0 Å². The second-order valence-corrected chi connectivity index (χ2v) is 6.43. The number of aromatic amines is 1. The minimum atomic E-state index is -0.745. The third-order valence-corrected chi connectivity index (χ3v) is 4.89. The van der Waals surface area contributed by atoms with Crippen molar-refractivity contribution < 1.29 is 19.9 Å². The molecule has 0 radical (unpaired) electrons. The summed E-state index contributed by atoms with van der Waals surface area (Å²) in [5, 5.41) is 25.5. The molecule has 1 aromatic heterocycles. The van der Waals surface area contributed by atoms with Crippen LogP contribution in [0.3, 0.4) is 0 Å². The van der Waals surface area contributed by atoms with Crippen molar-refractivity contribution in [1.29, 1.82) is 0 Å². The number of benzene rings is 1. The Morgan fingerprint density at radius 1 is 1.16 bits per heavy atom. The van der Waals surface area contributed by atoms with Crippen LogP contribution in [-0.2, 0) is 16.0 Å². The van der Waals surface area contributed by atoms with Crippen molar-refractivity contribution in [2.45, 2.75) is 38.0 Å². The van der Waals surface area contributed by atoms with E-state index in [9.17, 15) is 9.59 Å². The van der Waals surface area contributed by atoms with Gasteiger partial charge in [0.1, 0.15) is 0 Å². The minimum absolute atomic E-state index is 0.0193. The first-order chi connectivity index (χ1) is 12.1. The maximum absolute atomic E-state index is 11.8. The molecule has 3 rings (SSSR count). The molecule has 1 saturated carbocycles. The summed E-state index contributed by atoms with van der Waals surface area (Å²) in [6.45, 7) is 0. The molecule has 0 bridgehead atoms. The Morgan fingerprint density at radius 2 is 1.84 bits per heavy atom. The SMILES string of the molecule is O=C(Cc1c(-c2ccccc2)[nH]nc1[C@H]1CC[C@H](C(=O)O)CC1)NO. The number of nitrogens with one attached hydrogen (secondary N) is 2. The van der Waals surface area contributed by atoms with Crippen molar-refractivity contribution in [3.05, 3.63) is 41.6 Å². The van der Waals surface area contributed by atoms with E-state index in [-0.39, 0.29) is 18.3 Å². The van der Waals surface area contributed by atoms with Gasteiger partial charge in [0, 0.05) is 11.5 Å². The highest BCUT2D eigenvalue weighted by Gasteiger charge is 2.30. The molecule has 7 heteroatoms. The third-order valence-electron chi connectivity index (χ3n) is 4.89. The number of carboxylic acid groups (broad SMARTS) is 1. The molecule has 0 aliphatic heterocycles. The number of hydroxylamine groups is 1. The molecular formula is C18H21N3O4. The molecule has 7 nitrogen and oxygen atoms in total. The fraction of sp³-hybridized carbons (Fsp3) is 0.389. The molecule has 1 heterocycles. The summed E-state index contributed by atoms with van der Waals surface area (Å²) in [6, 6.07) is 9.58. The number of carbonyl (C=O) groups is 2. The van der Waals surface area contributed by atoms with E-state index in [1.54, 1.807) is 5.48 Å². The highest BCUT2D eigenvalue weighted by Crippen LogP contribution is 2.38. The maximum Gasteiger partial charge on any atom is 0.306 e. The average Bonchev–Trinajstić information content (AvgIpc) is 3.05. The predicted molar refractivity (Wildman–Crippen MR) is 90.0 cm³/mol. The molecule has 2 aromatic rings. The number of hydrogen-bond donors (Lipinski definition) is 4. The Hall–Kier alpha value is -2.67. The monoisotopic (exact) mass is 343 g/mol. The van der Waals surface area contributed by atoms with Crippen LogP contribution < -0.4 is 5.48 Å². The summed E-state index contributed by atoms with van der Waals surface area (Å²) in [5.74, 6) is -1.43. The maximum atomic E-state index is 11.8. The number of nitrogens with zero attached hydrogens (tertiary/aromatic N) is 1. The summed E-state index contributed by atoms with van der Waals surface area (Å²) >= 11 is 0. The molecule has 0 spiro atoms. The lowest BCUT2D eigenvalue weighted by atomic mass is 9.79. The van der Waals surface area contributed by atoms with E-state index in [4.69, 9.17) is 10.3 Å². The largest absolute Gasteiger partial charge is 0.481 e. The number of rotatable bonds is 5. The highest BCUT2D eigenvalue weighted by molar-refractivity contribution is 5.81. The summed E-state index contributed by atoms with van der Waals surface area (Å²) in [6.07, 6.45) is 2.69. The number of carbonyl (C=O) groups excluding carboxylic acids is 1. The molecule has 1 aliphatic carbocycles. The van der Waals surface area contributed by atoms with Crippen molar-refractivity contribution in [3.8, 4) is 11.3 Å². The molecule has 1 aliphatic rings. The first-order valence-electron chi connectivity index (χ1n) is 8.38. The van der Waals surface area contributed by atoms with Crippen molar-refractivity contribution in [2.24, 2.45) is 5.92 Å². The predicted octanol–water partition coefficient (Wildman–Crippen LogP) is 2.48. The van der Waals surface area contributed by atoms with Crippen LogP contribution in [0.1, 0.15) is 42.9 Å². The summed E-state index contributed by atoms with van der Waals surface area (Å²) in [4.78, 5) is 22.9. The number of amides is 1. The van der Waals surface area contributed by atoms with E-state index in [0.29, 0.717) is 12.8 Å². The summed E-state index contributed by atoms with van der Waals surface area (Å²) in [7, 11) is 0. The first-order valence-corrected chi connectivity index (χ1v) is 8.38. The number of aliphatic carboxylic acids is 1. The van der Waals surface area contributed by atoms with Gasteiger partial charge in [-0.25, -0.2) is 5.48 Å². The lowest BCUT2D eigenvalue weighted by Gasteiger charge is -2.25. The first kappa shape index (κ1) is 17.2. The average molecular weight is 343 g/mol. The van der Waals surface area contributed by atoms with Crippen LogP contribution in [0.2, 0.25) is 0 Å². The highest BCUT2D eigenvalue weighted by atomic mass is 16.5. The fourth-order valence-corrected chi connectivity index (χ4v) is 3.55. The summed E-state index contributed by atoms with van der Waals surface area (Å²) < 4.78 is 0. The minimum Gasteiger partial charge on any atom is -0.481 e. The van der Waals surface area contributed by atoms with Crippen LogP contribution in [0.25, 0.3) is 11.3 Å². The zero-order valence-corrected chi connectivity index (χ0v) is 13.7. The molecule has 1 fully saturated rings. The van der Waals surface area contributed by atoms with E-state index in [0.717, 1.165) is 35.4 Å². The molecule has 0 atom stereocenters. The van der Waals surface area contributed by atoms with E-state index in [2.05, 4.69) is 10.2 Å². The molecule has 25 heavy (non-hydrogen) atoms. The zero-order valence-electron chi connectivity index (χ0n) is 13.7. The van der Waals surface area contributed by atoms with Gasteiger partial charge < -0.3 is 5.11 Å². The molecular weight excluding hydrogens is 322 g/mol. The van der Waals surface area contributed by atoms with E-state index >= 15 is 0 Å². The van der Waals surface area contributed by atoms with Crippen LogP contribution in [0.5, 0.6) is 0 Å². The number of carboxylic acids is 1. The molecule has 1 aromatic carbocycles. The van der Waals surface area contributed by atoms with Crippen molar-refractivity contribution in [3.63, 3.8) is 0 Å². The van der Waals surface area contributed by atoms with Crippen LogP contribution >= 0.6 is 0 Å². The van der Waals surface area contributed by atoms with E-state index in [1.165, 1.54) is 0 Å². The standard InChI is InChI=1S/C18H21N3O4/c22-15(21-25)10-14-16(11-4-2-1-3-5-11)19-20-17(14)12-6-8-13(9-7-12)18(23)24/h1-5,12-13,25H,6-10H2,(H,19,20)(H,21,22)(H,23,24)/t12-,13-. The van der Waals surface area contributed by atoms with Gasteiger partial charge in [0.15, 0.2) is 0 Å². The second kappa shape index (κ2) is 7.48. The topological polar surface area (TPSA) is 115 Å². The number of H-pyrrole nitrogens is 1. The lowest BCUT2D eigenvalue weighted by molar-refractivity contribution is -0.142. The lowest BCUT2D eigenvalue weighted by Crippen LogP contribution is -2.23. The van der Waals surface area contributed by atoms with Crippen LogP contribution in [0, 0.1) is 5.92 Å². The van der Waals surface area contributed by atoms with Gasteiger partial charge in [0.2, 0.25) is 5.91 Å². The normalized spacial score (nSPS) is 20.2.